The Bertz CT molecular complexity index is 806. The number of nitrogens with zero attached hydrogens (tertiary/aromatic N) is 1. The van der Waals surface area contributed by atoms with Gasteiger partial charge in [0.05, 0.1) is 0 Å². The van der Waals surface area contributed by atoms with Crippen LogP contribution in [-0.2, 0) is 0 Å². The van der Waals surface area contributed by atoms with Crippen molar-refractivity contribution in [1.29, 1.82) is 0 Å². The van der Waals surface area contributed by atoms with Gasteiger partial charge in [-0.15, -0.1) is 0 Å². The number of allylic oxidation sites excluding steroid dienone is 5. The molecule has 1 heterocycles. The van der Waals surface area contributed by atoms with E-state index in [-0.39, 0.29) is 5.83 Å². The van der Waals surface area contributed by atoms with Gasteiger partial charge >= 0.3 is 0 Å². The fourth-order valence-electron chi connectivity index (χ4n) is 2.22. The minimum absolute atomic E-state index is 0.212. The zero-order valence-electron chi connectivity index (χ0n) is 12.3. The molecule has 1 aromatic carbocycles. The first-order valence-corrected chi connectivity index (χ1v) is 7.99. The molecule has 0 fully saturated rings. The Balaban J connectivity index is 1.90. The Hall–Kier alpha value is -2.46. The van der Waals surface area contributed by atoms with Gasteiger partial charge in [0, 0.05) is 33.3 Å². The van der Waals surface area contributed by atoms with Gasteiger partial charge in [0.1, 0.15) is 12.1 Å². The molecule has 0 atom stereocenters. The third-order valence-electron chi connectivity index (χ3n) is 3.41. The smallest absolute Gasteiger partial charge is 0.150 e. The van der Waals surface area contributed by atoms with Crippen molar-refractivity contribution in [2.45, 2.75) is 11.3 Å². The summed E-state index contributed by atoms with van der Waals surface area (Å²) >= 11 is 1.58. The SMILES string of the molecule is O=Cc1ccc(-c2cnccc2SC2=CCC=C(F)C=C2)cc1. The molecule has 2 nitrogen and oxygen atoms in total. The summed E-state index contributed by atoms with van der Waals surface area (Å²) in [6.07, 6.45) is 11.8. The van der Waals surface area contributed by atoms with Crippen LogP contribution in [0.2, 0.25) is 0 Å². The molecule has 4 heteroatoms. The van der Waals surface area contributed by atoms with Crippen LogP contribution in [-0.4, -0.2) is 11.3 Å². The molecule has 1 aromatic heterocycles. The molecule has 3 rings (SSSR count). The van der Waals surface area contributed by atoms with Crippen molar-refractivity contribution in [2.75, 3.05) is 0 Å². The number of aromatic nitrogens is 1. The molecule has 0 unspecified atom stereocenters. The van der Waals surface area contributed by atoms with Gasteiger partial charge in [0.2, 0.25) is 0 Å². The summed E-state index contributed by atoms with van der Waals surface area (Å²) in [7, 11) is 0. The van der Waals surface area contributed by atoms with Crippen LogP contribution in [0.1, 0.15) is 16.8 Å². The lowest BCUT2D eigenvalue weighted by Crippen LogP contribution is -1.86. The van der Waals surface area contributed by atoms with Crippen molar-refractivity contribution < 1.29 is 9.18 Å². The van der Waals surface area contributed by atoms with E-state index in [2.05, 4.69) is 4.98 Å². The van der Waals surface area contributed by atoms with Gasteiger partial charge < -0.3 is 0 Å². The molecule has 2 aromatic rings. The zero-order valence-corrected chi connectivity index (χ0v) is 13.1. The molecule has 0 aliphatic heterocycles. The number of hydrogen-bond acceptors (Lipinski definition) is 3. The maximum Gasteiger partial charge on any atom is 0.150 e. The van der Waals surface area contributed by atoms with E-state index in [4.69, 9.17) is 0 Å². The highest BCUT2D eigenvalue weighted by Crippen LogP contribution is 2.36. The van der Waals surface area contributed by atoms with Gasteiger partial charge in [-0.3, -0.25) is 9.78 Å². The van der Waals surface area contributed by atoms with Crippen molar-refractivity contribution in [2.24, 2.45) is 0 Å². The van der Waals surface area contributed by atoms with Crippen molar-refractivity contribution >= 4 is 18.0 Å². The Kier molecular flexibility index (Phi) is 4.83. The lowest BCUT2D eigenvalue weighted by atomic mass is 10.1. The lowest BCUT2D eigenvalue weighted by Gasteiger charge is -2.09. The lowest BCUT2D eigenvalue weighted by molar-refractivity contribution is 0.112. The highest BCUT2D eigenvalue weighted by atomic mass is 32.2. The molecule has 1 aliphatic carbocycles. The fraction of sp³-hybridized carbons (Fsp3) is 0.0526. The molecule has 0 saturated carbocycles. The molecule has 114 valence electrons. The van der Waals surface area contributed by atoms with Crippen LogP contribution >= 0.6 is 11.8 Å². The van der Waals surface area contributed by atoms with E-state index >= 15 is 0 Å². The highest BCUT2D eigenvalue weighted by Gasteiger charge is 2.08. The molecule has 23 heavy (non-hydrogen) atoms. The minimum atomic E-state index is -0.212. The maximum absolute atomic E-state index is 13.3. The second-order valence-corrected chi connectivity index (χ2v) is 6.09. The normalized spacial score (nSPS) is 14.0. The van der Waals surface area contributed by atoms with Crippen LogP contribution in [0.5, 0.6) is 0 Å². The van der Waals surface area contributed by atoms with E-state index in [9.17, 15) is 9.18 Å². The van der Waals surface area contributed by atoms with E-state index in [1.807, 2.05) is 24.3 Å². The summed E-state index contributed by atoms with van der Waals surface area (Å²) in [5, 5.41) is 0. The average Bonchev–Trinajstić information content (AvgIpc) is 2.80. The zero-order chi connectivity index (χ0) is 16.1. The van der Waals surface area contributed by atoms with Crippen molar-refractivity contribution in [3.63, 3.8) is 0 Å². The standard InChI is InChI=1S/C19H14FNOS/c20-16-2-1-3-17(9-8-16)23-19-10-11-21-12-18(19)15-6-4-14(13-22)5-7-15/h2-13H,1H2. The molecule has 0 N–H and O–H groups in total. The van der Waals surface area contributed by atoms with Crippen molar-refractivity contribution in [3.05, 3.63) is 83.3 Å². The first-order valence-electron chi connectivity index (χ1n) is 7.17. The van der Waals surface area contributed by atoms with Crippen molar-refractivity contribution in [1.82, 2.24) is 4.98 Å². The highest BCUT2D eigenvalue weighted by molar-refractivity contribution is 8.03. The Labute approximate surface area is 138 Å². The number of aldehydes is 1. The number of rotatable bonds is 4. The first-order chi connectivity index (χ1) is 11.3. The van der Waals surface area contributed by atoms with Crippen LogP contribution in [0, 0.1) is 0 Å². The molecule has 1 aliphatic rings. The van der Waals surface area contributed by atoms with Crippen molar-refractivity contribution in [3.8, 4) is 11.1 Å². The first kappa shape index (κ1) is 15.4. The fourth-order valence-corrected chi connectivity index (χ4v) is 3.20. The van der Waals surface area contributed by atoms with Crippen LogP contribution in [0.25, 0.3) is 11.1 Å². The molecule has 0 bridgehead atoms. The summed E-state index contributed by atoms with van der Waals surface area (Å²) in [4.78, 5) is 17.0. The van der Waals surface area contributed by atoms with Gasteiger partial charge in [-0.25, -0.2) is 4.39 Å². The number of carbonyl (C=O) groups excluding carboxylic acids is 1. The summed E-state index contributed by atoms with van der Waals surface area (Å²) in [5.74, 6) is -0.212. The Morgan fingerprint density at radius 3 is 2.70 bits per heavy atom. The minimum Gasteiger partial charge on any atom is -0.298 e. The van der Waals surface area contributed by atoms with Crippen LogP contribution in [0.15, 0.2) is 82.7 Å². The van der Waals surface area contributed by atoms with E-state index in [0.29, 0.717) is 12.0 Å². The largest absolute Gasteiger partial charge is 0.298 e. The van der Waals surface area contributed by atoms with Gasteiger partial charge in [0.25, 0.3) is 0 Å². The van der Waals surface area contributed by atoms with E-state index in [1.165, 1.54) is 6.08 Å². The number of benzene rings is 1. The average molecular weight is 323 g/mol. The predicted molar refractivity (Wildman–Crippen MR) is 91.9 cm³/mol. The number of halogens is 1. The monoisotopic (exact) mass is 323 g/mol. The quantitative estimate of drug-likeness (QED) is 0.710. The molecular formula is C19H14FNOS. The Morgan fingerprint density at radius 2 is 1.91 bits per heavy atom. The summed E-state index contributed by atoms with van der Waals surface area (Å²) < 4.78 is 13.3. The van der Waals surface area contributed by atoms with Crippen LogP contribution < -0.4 is 0 Å². The predicted octanol–water partition coefficient (Wildman–Crippen LogP) is 5.35. The van der Waals surface area contributed by atoms with Gasteiger partial charge in [-0.05, 0) is 36.3 Å². The number of thioether (sulfide) groups is 1. The second-order valence-electron chi connectivity index (χ2n) is 4.98. The van der Waals surface area contributed by atoms with Gasteiger partial charge in [0.15, 0.2) is 0 Å². The molecule has 0 saturated heterocycles. The van der Waals surface area contributed by atoms with Gasteiger partial charge in [-0.2, -0.15) is 0 Å². The molecule has 0 radical (unpaired) electrons. The second kappa shape index (κ2) is 7.20. The summed E-state index contributed by atoms with van der Waals surface area (Å²) in [6, 6.07) is 9.32. The molecule has 0 amide bonds. The summed E-state index contributed by atoms with van der Waals surface area (Å²) in [5.41, 5.74) is 2.62. The molecule has 0 spiro atoms. The maximum atomic E-state index is 13.3. The van der Waals surface area contributed by atoms with E-state index < -0.39 is 0 Å². The molecular weight excluding hydrogens is 309 g/mol. The third-order valence-corrected chi connectivity index (χ3v) is 4.52. The third kappa shape index (κ3) is 3.85. The topological polar surface area (TPSA) is 30.0 Å². The van der Waals surface area contributed by atoms with Crippen LogP contribution in [0.4, 0.5) is 4.39 Å². The van der Waals surface area contributed by atoms with E-state index in [0.717, 1.165) is 27.2 Å². The van der Waals surface area contributed by atoms with Crippen LogP contribution in [0.3, 0.4) is 0 Å². The number of hydrogen-bond donors (Lipinski definition) is 0. The summed E-state index contributed by atoms with van der Waals surface area (Å²) in [6.45, 7) is 0. The Morgan fingerprint density at radius 1 is 1.09 bits per heavy atom. The number of pyridine rings is 1. The van der Waals surface area contributed by atoms with Gasteiger partial charge in [-0.1, -0.05) is 42.1 Å². The number of carbonyl (C=O) groups is 1. The van der Waals surface area contributed by atoms with E-state index in [1.54, 1.807) is 48.4 Å².